The molecule has 0 bridgehead atoms. The van der Waals surface area contributed by atoms with Gasteiger partial charge in [-0.15, -0.1) is 0 Å². The van der Waals surface area contributed by atoms with E-state index >= 15 is 0 Å². The molecule has 2 saturated heterocycles. The molecule has 1 atom stereocenters. The standard InChI is InChI=1S/C23H29FN4O3/c1-13-9-27(10-13)16-11-28(12-16)22(29)14-3-6-18(20(8-14)26-2)21(25)17-5-4-15(23(30)31)7-19(17)24/h4-5,7,13-14,16H,3,6,8-12,25H2,1-2H3,(H,30,31)/t14-/m0/s1. The van der Waals surface area contributed by atoms with Crippen LogP contribution in [0.3, 0.4) is 0 Å². The lowest BCUT2D eigenvalue weighted by atomic mass is 9.81. The van der Waals surface area contributed by atoms with Gasteiger partial charge in [-0.05, 0) is 42.5 Å². The molecular formula is C23H29FN4O3. The minimum Gasteiger partial charge on any atom is -0.478 e. The normalized spacial score (nSPS) is 25.8. The predicted molar refractivity (Wildman–Crippen MR) is 116 cm³/mol. The van der Waals surface area contributed by atoms with Crippen LogP contribution in [0.2, 0.25) is 0 Å². The summed E-state index contributed by atoms with van der Waals surface area (Å²) in [4.78, 5) is 32.7. The molecule has 7 nitrogen and oxygen atoms in total. The molecule has 2 heterocycles. The zero-order valence-corrected chi connectivity index (χ0v) is 18.0. The van der Waals surface area contributed by atoms with Gasteiger partial charge in [0.25, 0.3) is 0 Å². The van der Waals surface area contributed by atoms with Crippen LogP contribution in [0, 0.1) is 17.7 Å². The fourth-order valence-electron chi connectivity index (χ4n) is 4.85. The van der Waals surface area contributed by atoms with Crippen molar-refractivity contribution in [1.29, 1.82) is 0 Å². The van der Waals surface area contributed by atoms with Crippen LogP contribution in [0.15, 0.2) is 28.8 Å². The van der Waals surface area contributed by atoms with Crippen LogP contribution in [0.4, 0.5) is 4.39 Å². The van der Waals surface area contributed by atoms with Gasteiger partial charge in [0.15, 0.2) is 0 Å². The number of likely N-dealkylation sites (tertiary alicyclic amines) is 2. The third kappa shape index (κ3) is 4.08. The molecule has 1 aliphatic carbocycles. The summed E-state index contributed by atoms with van der Waals surface area (Å²) in [5.41, 5.74) is 8.04. The van der Waals surface area contributed by atoms with E-state index in [0.29, 0.717) is 25.3 Å². The summed E-state index contributed by atoms with van der Waals surface area (Å²) in [6, 6.07) is 4.20. The Balaban J connectivity index is 1.43. The molecule has 166 valence electrons. The van der Waals surface area contributed by atoms with E-state index in [4.69, 9.17) is 10.8 Å². The maximum Gasteiger partial charge on any atom is 0.335 e. The molecular weight excluding hydrogens is 399 g/mol. The highest BCUT2D eigenvalue weighted by Crippen LogP contribution is 2.34. The first-order chi connectivity index (χ1) is 14.8. The number of amides is 1. The third-order valence-corrected chi connectivity index (χ3v) is 6.76. The largest absolute Gasteiger partial charge is 0.478 e. The van der Waals surface area contributed by atoms with E-state index < -0.39 is 11.8 Å². The van der Waals surface area contributed by atoms with Crippen molar-refractivity contribution >= 4 is 23.3 Å². The Morgan fingerprint density at radius 2 is 1.94 bits per heavy atom. The molecule has 4 rings (SSSR count). The number of carbonyl (C=O) groups is 2. The lowest BCUT2D eigenvalue weighted by molar-refractivity contribution is -0.145. The number of carboxylic acid groups (broad SMARTS) is 1. The molecule has 0 spiro atoms. The van der Waals surface area contributed by atoms with E-state index in [1.807, 2.05) is 4.90 Å². The molecule has 0 radical (unpaired) electrons. The number of carbonyl (C=O) groups excluding carboxylic acids is 1. The van der Waals surface area contributed by atoms with Crippen molar-refractivity contribution in [3.05, 3.63) is 40.7 Å². The molecule has 0 unspecified atom stereocenters. The van der Waals surface area contributed by atoms with Gasteiger partial charge in [0.1, 0.15) is 5.82 Å². The van der Waals surface area contributed by atoms with E-state index in [9.17, 15) is 14.0 Å². The minimum absolute atomic E-state index is 0.127. The van der Waals surface area contributed by atoms with Crippen LogP contribution >= 0.6 is 0 Å². The lowest BCUT2D eigenvalue weighted by Crippen LogP contribution is -2.66. The number of aliphatic imine (C=N–C) groups is 1. The molecule has 3 fully saturated rings. The van der Waals surface area contributed by atoms with E-state index in [1.165, 1.54) is 12.1 Å². The molecule has 0 aromatic heterocycles. The number of nitrogens with zero attached hydrogens (tertiary/aromatic N) is 3. The maximum atomic E-state index is 14.5. The summed E-state index contributed by atoms with van der Waals surface area (Å²) in [5.74, 6) is -1.08. The SMILES string of the molecule is CN=C1C[C@@H](C(=O)N2CC(N3CC(C)C3)C2)CCC1=C(N)c1ccc(C(=O)O)cc1F. The van der Waals surface area contributed by atoms with Gasteiger partial charge in [-0.1, -0.05) is 6.92 Å². The summed E-state index contributed by atoms with van der Waals surface area (Å²) >= 11 is 0. The molecule has 8 heteroatoms. The zero-order chi connectivity index (χ0) is 22.3. The maximum absolute atomic E-state index is 14.5. The number of hydrogen-bond donors (Lipinski definition) is 2. The molecule has 3 aliphatic rings. The van der Waals surface area contributed by atoms with Crippen LogP contribution in [-0.4, -0.2) is 71.8 Å². The first kappa shape index (κ1) is 21.5. The van der Waals surface area contributed by atoms with Crippen LogP contribution in [0.5, 0.6) is 0 Å². The number of allylic oxidation sites excluding steroid dienone is 1. The summed E-state index contributed by atoms with van der Waals surface area (Å²) in [7, 11) is 1.66. The van der Waals surface area contributed by atoms with Crippen molar-refractivity contribution in [1.82, 2.24) is 9.80 Å². The second-order valence-electron chi connectivity index (χ2n) is 8.96. The van der Waals surface area contributed by atoms with Crippen LogP contribution in [-0.2, 0) is 4.79 Å². The van der Waals surface area contributed by atoms with Gasteiger partial charge in [-0.3, -0.25) is 14.7 Å². The van der Waals surface area contributed by atoms with Gasteiger partial charge in [0.05, 0.1) is 5.56 Å². The minimum atomic E-state index is -1.19. The number of nitrogens with two attached hydrogens (primary N) is 1. The van der Waals surface area contributed by atoms with Crippen LogP contribution in [0.1, 0.15) is 42.1 Å². The highest BCUT2D eigenvalue weighted by molar-refractivity contribution is 6.08. The summed E-state index contributed by atoms with van der Waals surface area (Å²) in [6.07, 6.45) is 1.67. The van der Waals surface area contributed by atoms with Gasteiger partial charge < -0.3 is 15.7 Å². The zero-order valence-electron chi connectivity index (χ0n) is 18.0. The Bertz CT molecular complexity index is 962. The first-order valence-corrected chi connectivity index (χ1v) is 10.8. The summed E-state index contributed by atoms with van der Waals surface area (Å²) in [5, 5.41) is 9.03. The van der Waals surface area contributed by atoms with Gasteiger partial charge in [0, 0.05) is 68.6 Å². The van der Waals surface area contributed by atoms with E-state index in [0.717, 1.165) is 49.4 Å². The number of benzene rings is 1. The number of carboxylic acids is 1. The molecule has 2 aliphatic heterocycles. The molecule has 1 aromatic rings. The highest BCUT2D eigenvalue weighted by atomic mass is 19.1. The molecule has 1 saturated carbocycles. The van der Waals surface area contributed by atoms with Gasteiger partial charge in [-0.25, -0.2) is 9.18 Å². The van der Waals surface area contributed by atoms with Crippen LogP contribution in [0.25, 0.3) is 5.70 Å². The fraction of sp³-hybridized carbons (Fsp3) is 0.522. The topological polar surface area (TPSA) is 99.2 Å². The number of rotatable bonds is 4. The van der Waals surface area contributed by atoms with Crippen molar-refractivity contribution in [2.75, 3.05) is 33.2 Å². The highest BCUT2D eigenvalue weighted by Gasteiger charge is 2.41. The third-order valence-electron chi connectivity index (χ3n) is 6.76. The Kier molecular flexibility index (Phi) is 5.83. The van der Waals surface area contributed by atoms with Crippen molar-refractivity contribution < 1.29 is 19.1 Å². The summed E-state index contributed by atoms with van der Waals surface area (Å²) < 4.78 is 14.5. The fourth-order valence-corrected chi connectivity index (χ4v) is 4.85. The molecule has 3 N–H and O–H groups in total. The average molecular weight is 429 g/mol. The molecule has 31 heavy (non-hydrogen) atoms. The predicted octanol–water partition coefficient (Wildman–Crippen LogP) is 2.23. The van der Waals surface area contributed by atoms with Crippen molar-refractivity contribution in [2.24, 2.45) is 22.6 Å². The van der Waals surface area contributed by atoms with Crippen molar-refractivity contribution in [2.45, 2.75) is 32.2 Å². The smallest absolute Gasteiger partial charge is 0.335 e. The Morgan fingerprint density at radius 3 is 2.52 bits per heavy atom. The number of hydrogen-bond acceptors (Lipinski definition) is 5. The van der Waals surface area contributed by atoms with E-state index in [1.54, 1.807) is 7.05 Å². The molecule has 1 amide bonds. The lowest BCUT2D eigenvalue weighted by Gasteiger charge is -2.52. The number of aromatic carboxylic acids is 1. The second-order valence-corrected chi connectivity index (χ2v) is 8.96. The van der Waals surface area contributed by atoms with Crippen molar-refractivity contribution in [3.8, 4) is 0 Å². The van der Waals surface area contributed by atoms with Gasteiger partial charge >= 0.3 is 5.97 Å². The Labute approximate surface area is 181 Å². The first-order valence-electron chi connectivity index (χ1n) is 10.8. The van der Waals surface area contributed by atoms with Gasteiger partial charge in [-0.2, -0.15) is 0 Å². The average Bonchev–Trinajstić information content (AvgIpc) is 2.70. The quantitative estimate of drug-likeness (QED) is 0.766. The second kappa shape index (κ2) is 8.42. The Morgan fingerprint density at radius 1 is 1.23 bits per heavy atom. The van der Waals surface area contributed by atoms with E-state index in [2.05, 4.69) is 16.8 Å². The Hall–Kier alpha value is -2.74. The van der Waals surface area contributed by atoms with Crippen molar-refractivity contribution in [3.63, 3.8) is 0 Å². The number of halogens is 1. The van der Waals surface area contributed by atoms with Crippen LogP contribution < -0.4 is 5.73 Å². The monoisotopic (exact) mass is 428 g/mol. The summed E-state index contributed by atoms with van der Waals surface area (Å²) in [6.45, 7) is 6.09. The molecule has 1 aromatic carbocycles. The van der Waals surface area contributed by atoms with Gasteiger partial charge in [0.2, 0.25) is 5.91 Å². The van der Waals surface area contributed by atoms with E-state index in [-0.39, 0.29) is 28.6 Å².